The second-order valence-electron chi connectivity index (χ2n) is 3.50. The van der Waals surface area contributed by atoms with Crippen LogP contribution in [-0.2, 0) is 9.47 Å². The van der Waals surface area contributed by atoms with E-state index >= 15 is 0 Å². The molecule has 0 fully saturated rings. The zero-order chi connectivity index (χ0) is 14.3. The number of carbonyl (C=O) groups is 1. The van der Waals surface area contributed by atoms with Crippen LogP contribution >= 0.6 is 0 Å². The summed E-state index contributed by atoms with van der Waals surface area (Å²) in [6.45, 7) is 0. The van der Waals surface area contributed by atoms with Crippen molar-refractivity contribution < 1.29 is 19.0 Å². The van der Waals surface area contributed by atoms with E-state index < -0.39 is 12.3 Å². The molecule has 1 rings (SSSR count). The highest BCUT2D eigenvalue weighted by Crippen LogP contribution is 2.14. The van der Waals surface area contributed by atoms with E-state index in [2.05, 4.69) is 10.5 Å². The van der Waals surface area contributed by atoms with Crippen LogP contribution in [0.3, 0.4) is 0 Å². The van der Waals surface area contributed by atoms with Gasteiger partial charge in [0, 0.05) is 19.8 Å². The van der Waals surface area contributed by atoms with Crippen molar-refractivity contribution in [2.45, 2.75) is 6.29 Å². The first kappa shape index (κ1) is 14.9. The van der Waals surface area contributed by atoms with Crippen molar-refractivity contribution in [3.8, 4) is 5.75 Å². The number of hydrazone groups is 1. The molecule has 7 nitrogen and oxygen atoms in total. The van der Waals surface area contributed by atoms with Gasteiger partial charge in [0.25, 0.3) is 0 Å². The first-order valence-electron chi connectivity index (χ1n) is 5.45. The predicted molar refractivity (Wildman–Crippen MR) is 70.1 cm³/mol. The zero-order valence-electron chi connectivity index (χ0n) is 11.0. The molecule has 0 saturated carbocycles. The van der Waals surface area contributed by atoms with Gasteiger partial charge in [0.05, 0.1) is 7.11 Å². The molecule has 2 amide bonds. The van der Waals surface area contributed by atoms with Gasteiger partial charge in [-0.3, -0.25) is 0 Å². The molecule has 0 aliphatic heterocycles. The number of rotatable bonds is 6. The molecular formula is C12H17N3O4. The molecular weight excluding hydrogens is 250 g/mol. The van der Waals surface area contributed by atoms with Crippen LogP contribution in [0.2, 0.25) is 0 Å². The van der Waals surface area contributed by atoms with Crippen LogP contribution < -0.4 is 15.9 Å². The van der Waals surface area contributed by atoms with Crippen LogP contribution in [0.25, 0.3) is 0 Å². The Balaban J connectivity index is 3.06. The number of nitrogens with two attached hydrogens (primary N) is 1. The molecule has 0 unspecified atom stereocenters. The summed E-state index contributed by atoms with van der Waals surface area (Å²) < 4.78 is 15.3. The number of methoxy groups -OCH3 is 3. The van der Waals surface area contributed by atoms with Gasteiger partial charge in [0.1, 0.15) is 11.5 Å². The average Bonchev–Trinajstić information content (AvgIpc) is 2.43. The lowest BCUT2D eigenvalue weighted by Crippen LogP contribution is -2.32. The predicted octanol–water partition coefficient (Wildman–Crippen LogP) is 0.686. The lowest BCUT2D eigenvalue weighted by molar-refractivity contribution is -0.0517. The molecule has 0 aliphatic rings. The number of ether oxygens (including phenoxy) is 3. The van der Waals surface area contributed by atoms with Gasteiger partial charge in [0.2, 0.25) is 6.29 Å². The minimum atomic E-state index is -0.767. The van der Waals surface area contributed by atoms with E-state index in [9.17, 15) is 4.79 Å². The Morgan fingerprint density at radius 2 is 1.79 bits per heavy atom. The molecule has 7 heteroatoms. The Hall–Kier alpha value is -2.12. The SMILES string of the molecule is COc1ccc(/C(=N/NC(N)=O)C(OC)OC)cc1. The number of amides is 2. The van der Waals surface area contributed by atoms with Gasteiger partial charge in [-0.15, -0.1) is 0 Å². The van der Waals surface area contributed by atoms with Gasteiger partial charge in [-0.25, -0.2) is 10.2 Å². The fraction of sp³-hybridized carbons (Fsp3) is 0.333. The first-order valence-corrected chi connectivity index (χ1v) is 5.45. The lowest BCUT2D eigenvalue weighted by Gasteiger charge is -2.16. The summed E-state index contributed by atoms with van der Waals surface area (Å²) in [5.74, 6) is 0.706. The van der Waals surface area contributed by atoms with E-state index in [0.29, 0.717) is 17.0 Å². The van der Waals surface area contributed by atoms with Crippen LogP contribution in [0.4, 0.5) is 4.79 Å². The molecule has 104 valence electrons. The van der Waals surface area contributed by atoms with Gasteiger partial charge >= 0.3 is 6.03 Å². The molecule has 0 heterocycles. The smallest absolute Gasteiger partial charge is 0.332 e. The fourth-order valence-corrected chi connectivity index (χ4v) is 1.45. The number of hydrogen-bond acceptors (Lipinski definition) is 5. The van der Waals surface area contributed by atoms with Crippen molar-refractivity contribution in [1.29, 1.82) is 0 Å². The Bertz CT molecular complexity index is 441. The van der Waals surface area contributed by atoms with E-state index in [1.165, 1.54) is 14.2 Å². The number of urea groups is 1. The molecule has 1 aromatic carbocycles. The van der Waals surface area contributed by atoms with Gasteiger partial charge in [-0.2, -0.15) is 5.10 Å². The number of carbonyl (C=O) groups excluding carboxylic acids is 1. The summed E-state index contributed by atoms with van der Waals surface area (Å²) in [7, 11) is 4.51. The summed E-state index contributed by atoms with van der Waals surface area (Å²) in [4.78, 5) is 10.7. The van der Waals surface area contributed by atoms with Crippen molar-refractivity contribution in [3.05, 3.63) is 29.8 Å². The van der Waals surface area contributed by atoms with E-state index in [-0.39, 0.29) is 0 Å². The lowest BCUT2D eigenvalue weighted by atomic mass is 10.1. The molecule has 3 N–H and O–H groups in total. The van der Waals surface area contributed by atoms with Crippen LogP contribution in [0, 0.1) is 0 Å². The summed E-state index contributed by atoms with van der Waals surface area (Å²) >= 11 is 0. The van der Waals surface area contributed by atoms with Crippen LogP contribution in [-0.4, -0.2) is 39.4 Å². The van der Waals surface area contributed by atoms with Gasteiger partial charge < -0.3 is 19.9 Å². The normalized spacial score (nSPS) is 11.5. The minimum absolute atomic E-state index is 0.395. The molecule has 19 heavy (non-hydrogen) atoms. The zero-order valence-corrected chi connectivity index (χ0v) is 11.0. The van der Waals surface area contributed by atoms with Gasteiger partial charge in [0.15, 0.2) is 0 Å². The second kappa shape index (κ2) is 7.34. The monoisotopic (exact) mass is 267 g/mol. The molecule has 0 aliphatic carbocycles. The van der Waals surface area contributed by atoms with Gasteiger partial charge in [-0.1, -0.05) is 0 Å². The Labute approximate surface area is 111 Å². The van der Waals surface area contributed by atoms with E-state index in [1.54, 1.807) is 31.4 Å². The molecule has 0 spiro atoms. The van der Waals surface area contributed by atoms with Crippen LogP contribution in [0.15, 0.2) is 29.4 Å². The molecule has 0 aromatic heterocycles. The van der Waals surface area contributed by atoms with Crippen molar-refractivity contribution in [1.82, 2.24) is 5.43 Å². The minimum Gasteiger partial charge on any atom is -0.497 e. The molecule has 0 radical (unpaired) electrons. The summed E-state index contributed by atoms with van der Waals surface area (Å²) in [5, 5.41) is 3.89. The third-order valence-electron chi connectivity index (χ3n) is 2.32. The van der Waals surface area contributed by atoms with Gasteiger partial charge in [-0.05, 0) is 24.3 Å². The quantitative estimate of drug-likeness (QED) is 0.450. The first-order chi connectivity index (χ1) is 9.12. The molecule has 0 saturated heterocycles. The maximum absolute atomic E-state index is 10.7. The number of benzene rings is 1. The maximum Gasteiger partial charge on any atom is 0.332 e. The van der Waals surface area contributed by atoms with E-state index in [0.717, 1.165) is 0 Å². The number of nitrogens with one attached hydrogen (secondary N) is 1. The van der Waals surface area contributed by atoms with Crippen LogP contribution in [0.5, 0.6) is 5.75 Å². The Morgan fingerprint density at radius 1 is 1.21 bits per heavy atom. The summed E-state index contributed by atoms with van der Waals surface area (Å²) in [6.07, 6.45) is -0.722. The van der Waals surface area contributed by atoms with Crippen molar-refractivity contribution in [2.75, 3.05) is 21.3 Å². The summed E-state index contributed by atoms with van der Waals surface area (Å²) in [5.41, 5.74) is 8.25. The van der Waals surface area contributed by atoms with Crippen molar-refractivity contribution in [3.63, 3.8) is 0 Å². The topological polar surface area (TPSA) is 95.2 Å². The number of hydrogen-bond donors (Lipinski definition) is 2. The Morgan fingerprint density at radius 3 is 2.21 bits per heavy atom. The Kier molecular flexibility index (Phi) is 5.77. The van der Waals surface area contributed by atoms with Crippen molar-refractivity contribution >= 4 is 11.7 Å². The highest BCUT2D eigenvalue weighted by atomic mass is 16.7. The summed E-state index contributed by atoms with van der Waals surface area (Å²) in [6, 6.07) is 6.29. The molecule has 0 atom stereocenters. The maximum atomic E-state index is 10.7. The average molecular weight is 267 g/mol. The third kappa shape index (κ3) is 4.23. The van der Waals surface area contributed by atoms with E-state index in [4.69, 9.17) is 19.9 Å². The largest absolute Gasteiger partial charge is 0.497 e. The van der Waals surface area contributed by atoms with E-state index in [1.807, 2.05) is 0 Å². The number of nitrogens with zero attached hydrogens (tertiary/aromatic N) is 1. The molecule has 1 aromatic rings. The standard InChI is InChI=1S/C12H17N3O4/c1-17-9-6-4-8(5-7-9)10(11(18-2)19-3)14-15-12(13)16/h4-7,11H,1-3H3,(H3,13,15,16)/b14-10-. The molecule has 0 bridgehead atoms. The second-order valence-corrected chi connectivity index (χ2v) is 3.50. The highest BCUT2D eigenvalue weighted by Gasteiger charge is 2.17. The van der Waals surface area contributed by atoms with Crippen molar-refractivity contribution in [2.24, 2.45) is 10.8 Å². The third-order valence-corrected chi connectivity index (χ3v) is 2.32. The fourth-order valence-electron chi connectivity index (χ4n) is 1.45. The van der Waals surface area contributed by atoms with Crippen LogP contribution in [0.1, 0.15) is 5.56 Å². The highest BCUT2D eigenvalue weighted by molar-refractivity contribution is 6.03. The number of primary amides is 1.